The van der Waals surface area contributed by atoms with E-state index in [0.29, 0.717) is 19.8 Å². The zero-order valence-electron chi connectivity index (χ0n) is 15.3. The van der Waals surface area contributed by atoms with Gasteiger partial charge in [0.05, 0.1) is 18.0 Å². The molecule has 0 spiro atoms. The number of H-pyrrole nitrogens is 1. The second-order valence-corrected chi connectivity index (χ2v) is 6.04. The molecule has 0 aromatic carbocycles. The van der Waals surface area contributed by atoms with Crippen molar-refractivity contribution in [3.63, 3.8) is 0 Å². The van der Waals surface area contributed by atoms with Crippen LogP contribution in [0.2, 0.25) is 0 Å². The molecule has 136 valence electrons. The molecule has 1 aromatic heterocycles. The highest BCUT2D eigenvalue weighted by Gasteiger charge is 2.23. The molecule has 0 bridgehead atoms. The summed E-state index contributed by atoms with van der Waals surface area (Å²) in [6.45, 7) is 6.77. The minimum absolute atomic E-state index is 0.183. The van der Waals surface area contributed by atoms with Crippen molar-refractivity contribution >= 4 is 18.3 Å². The predicted molar refractivity (Wildman–Crippen MR) is 102 cm³/mol. The van der Waals surface area contributed by atoms with Gasteiger partial charge < -0.3 is 15.0 Å². The molecule has 1 unspecified atom stereocenters. The van der Waals surface area contributed by atoms with Crippen molar-refractivity contribution in [2.24, 2.45) is 9.98 Å². The Morgan fingerprint density at radius 1 is 1.44 bits per heavy atom. The first-order valence-corrected chi connectivity index (χ1v) is 8.83. The van der Waals surface area contributed by atoms with Crippen LogP contribution in [0.25, 0.3) is 0 Å². The Hall–Kier alpha value is -2.05. The van der Waals surface area contributed by atoms with Crippen molar-refractivity contribution in [3.8, 4) is 0 Å². The van der Waals surface area contributed by atoms with Gasteiger partial charge in [-0.3, -0.25) is 9.79 Å². The lowest BCUT2D eigenvalue weighted by Gasteiger charge is -2.16. The molecule has 2 N–H and O–H groups in total. The summed E-state index contributed by atoms with van der Waals surface area (Å²) in [5, 5.41) is 3.22. The SMILES string of the molecule is CCOCCC(CNC)c1[nH]c(/C2=N/C=N\C/C=C\C2)c(C)c1C=O. The first-order valence-electron chi connectivity index (χ1n) is 8.83. The molecule has 2 rings (SSSR count). The maximum absolute atomic E-state index is 11.8. The Labute approximate surface area is 149 Å². The Morgan fingerprint density at radius 2 is 2.28 bits per heavy atom. The fraction of sp³-hybridized carbons (Fsp3) is 0.526. The van der Waals surface area contributed by atoms with Crippen LogP contribution in [0.4, 0.5) is 0 Å². The summed E-state index contributed by atoms with van der Waals surface area (Å²) in [6, 6.07) is 0. The van der Waals surface area contributed by atoms with Gasteiger partial charge in [-0.1, -0.05) is 12.2 Å². The number of rotatable bonds is 9. The molecule has 1 atom stereocenters. The fourth-order valence-corrected chi connectivity index (χ4v) is 3.07. The number of nitrogens with one attached hydrogen (secondary N) is 2. The summed E-state index contributed by atoms with van der Waals surface area (Å²) in [5.74, 6) is 0.183. The van der Waals surface area contributed by atoms with E-state index < -0.39 is 0 Å². The van der Waals surface area contributed by atoms with E-state index in [-0.39, 0.29) is 5.92 Å². The van der Waals surface area contributed by atoms with Gasteiger partial charge >= 0.3 is 0 Å². The largest absolute Gasteiger partial charge is 0.382 e. The quantitative estimate of drug-likeness (QED) is 0.411. The molecule has 0 aliphatic carbocycles. The lowest BCUT2D eigenvalue weighted by atomic mass is 9.97. The van der Waals surface area contributed by atoms with E-state index in [1.807, 2.05) is 27.0 Å². The summed E-state index contributed by atoms with van der Waals surface area (Å²) in [5.41, 5.74) is 4.47. The molecule has 1 aliphatic rings. The van der Waals surface area contributed by atoms with Crippen molar-refractivity contribution in [2.45, 2.75) is 32.6 Å². The second kappa shape index (κ2) is 10.1. The van der Waals surface area contributed by atoms with Crippen LogP contribution in [0.15, 0.2) is 22.1 Å². The van der Waals surface area contributed by atoms with Gasteiger partial charge in [0.25, 0.3) is 0 Å². The third-order valence-corrected chi connectivity index (χ3v) is 4.39. The number of nitrogens with zero attached hydrogens (tertiary/aromatic N) is 2. The van der Waals surface area contributed by atoms with Gasteiger partial charge in [-0.15, -0.1) is 0 Å². The Balaban J connectivity index is 2.37. The first-order chi connectivity index (χ1) is 12.2. The van der Waals surface area contributed by atoms with Gasteiger partial charge in [0, 0.05) is 43.4 Å². The highest BCUT2D eigenvalue weighted by Crippen LogP contribution is 2.27. The number of hydrogen-bond acceptors (Lipinski definition) is 5. The lowest BCUT2D eigenvalue weighted by Crippen LogP contribution is -2.20. The molecule has 25 heavy (non-hydrogen) atoms. The smallest absolute Gasteiger partial charge is 0.152 e. The average Bonchev–Trinajstić information content (AvgIpc) is 2.90. The summed E-state index contributed by atoms with van der Waals surface area (Å²) in [7, 11) is 1.92. The number of aldehydes is 1. The van der Waals surface area contributed by atoms with E-state index in [4.69, 9.17) is 4.74 Å². The Bertz CT molecular complexity index is 659. The Morgan fingerprint density at radius 3 is 3.00 bits per heavy atom. The zero-order chi connectivity index (χ0) is 18.1. The minimum atomic E-state index is 0.183. The first kappa shape index (κ1) is 19.3. The third-order valence-electron chi connectivity index (χ3n) is 4.39. The molecular formula is C19H28N4O2. The van der Waals surface area contributed by atoms with Crippen molar-refractivity contribution in [1.29, 1.82) is 0 Å². The van der Waals surface area contributed by atoms with Gasteiger partial charge in [0.15, 0.2) is 6.29 Å². The lowest BCUT2D eigenvalue weighted by molar-refractivity contribution is 0.112. The number of aromatic amines is 1. The number of ether oxygens (including phenoxy) is 1. The van der Waals surface area contributed by atoms with Gasteiger partial charge in [-0.2, -0.15) is 0 Å². The highest BCUT2D eigenvalue weighted by atomic mass is 16.5. The second-order valence-electron chi connectivity index (χ2n) is 6.04. The standard InChI is InChI=1S/C19H28N4O2/c1-4-25-10-8-15(11-20-3)19-16(12-24)14(2)18(23-19)17-7-5-6-9-21-13-22-17/h5-6,12-13,15,20,23H,4,7-11H2,1-3H3/b6-5-,21-13-,22-17+. The molecule has 0 radical (unpaired) electrons. The molecule has 0 saturated heterocycles. The van der Waals surface area contributed by atoms with Crippen LogP contribution < -0.4 is 5.32 Å². The van der Waals surface area contributed by atoms with Crippen LogP contribution in [0.1, 0.15) is 53.0 Å². The number of aromatic nitrogens is 1. The van der Waals surface area contributed by atoms with Gasteiger partial charge in [-0.05, 0) is 32.9 Å². The summed E-state index contributed by atoms with van der Waals surface area (Å²) < 4.78 is 5.51. The number of carbonyl (C=O) groups is 1. The van der Waals surface area contributed by atoms with Crippen LogP contribution in [0.3, 0.4) is 0 Å². The van der Waals surface area contributed by atoms with Crippen LogP contribution in [-0.4, -0.2) is 56.7 Å². The predicted octanol–water partition coefficient (Wildman–Crippen LogP) is 2.64. The van der Waals surface area contributed by atoms with E-state index in [9.17, 15) is 4.79 Å². The molecule has 2 heterocycles. The van der Waals surface area contributed by atoms with Crippen molar-refractivity contribution in [2.75, 3.05) is 33.4 Å². The number of likely N-dealkylation sites (N-methyl/N-ethyl adjacent to an activating group) is 1. The van der Waals surface area contributed by atoms with Gasteiger partial charge in [-0.25, -0.2) is 4.99 Å². The molecule has 6 heteroatoms. The molecule has 1 aromatic rings. The van der Waals surface area contributed by atoms with E-state index in [0.717, 1.165) is 53.9 Å². The van der Waals surface area contributed by atoms with E-state index >= 15 is 0 Å². The number of allylic oxidation sites excluding steroid dienone is 1. The van der Waals surface area contributed by atoms with Crippen LogP contribution in [-0.2, 0) is 4.74 Å². The van der Waals surface area contributed by atoms with Crippen LogP contribution in [0, 0.1) is 6.92 Å². The highest BCUT2D eigenvalue weighted by molar-refractivity contribution is 6.06. The molecule has 0 amide bonds. The Kier molecular flexibility index (Phi) is 7.76. The number of aliphatic imine (C=N–C) groups is 2. The van der Waals surface area contributed by atoms with E-state index in [1.54, 1.807) is 6.34 Å². The van der Waals surface area contributed by atoms with Gasteiger partial charge in [0.2, 0.25) is 0 Å². The summed E-state index contributed by atoms with van der Waals surface area (Å²) in [6.07, 6.45) is 8.21. The van der Waals surface area contributed by atoms with Crippen molar-refractivity contribution in [3.05, 3.63) is 34.7 Å². The normalized spacial score (nSPS) is 20.2. The zero-order valence-corrected chi connectivity index (χ0v) is 15.3. The average molecular weight is 344 g/mol. The van der Waals surface area contributed by atoms with Crippen LogP contribution in [0.5, 0.6) is 0 Å². The molecule has 1 aliphatic heterocycles. The van der Waals surface area contributed by atoms with E-state index in [1.165, 1.54) is 0 Å². The van der Waals surface area contributed by atoms with Crippen molar-refractivity contribution < 1.29 is 9.53 Å². The maximum atomic E-state index is 11.8. The monoisotopic (exact) mass is 344 g/mol. The topological polar surface area (TPSA) is 78.8 Å². The fourth-order valence-electron chi connectivity index (χ4n) is 3.07. The van der Waals surface area contributed by atoms with E-state index in [2.05, 4.69) is 26.4 Å². The maximum Gasteiger partial charge on any atom is 0.152 e. The van der Waals surface area contributed by atoms with Crippen LogP contribution >= 0.6 is 0 Å². The number of hydrogen-bond donors (Lipinski definition) is 2. The molecule has 6 nitrogen and oxygen atoms in total. The molecule has 0 fully saturated rings. The third kappa shape index (κ3) is 4.96. The van der Waals surface area contributed by atoms with Crippen molar-refractivity contribution in [1.82, 2.24) is 10.3 Å². The summed E-state index contributed by atoms with van der Waals surface area (Å²) in [4.78, 5) is 23.9. The minimum Gasteiger partial charge on any atom is -0.382 e. The van der Waals surface area contributed by atoms with Gasteiger partial charge in [0.1, 0.15) is 6.34 Å². The molecule has 0 saturated carbocycles. The molecular weight excluding hydrogens is 316 g/mol. The number of carbonyl (C=O) groups excluding carboxylic acids is 1. The summed E-state index contributed by atoms with van der Waals surface area (Å²) >= 11 is 0.